The first kappa shape index (κ1) is 19.3. The number of nitrogens with zero attached hydrogens (tertiary/aromatic N) is 2. The number of fused-ring (bicyclic) bond motifs is 7. The number of amides is 1. The number of hydrogen-bond donors (Lipinski definition) is 1. The van der Waals surface area contributed by atoms with Gasteiger partial charge < -0.3 is 19.5 Å². The zero-order valence-corrected chi connectivity index (χ0v) is 18.6. The van der Waals surface area contributed by atoms with Crippen LogP contribution in [0.1, 0.15) is 45.0 Å². The summed E-state index contributed by atoms with van der Waals surface area (Å²) in [5, 5.41) is 3.15. The molecule has 2 atom stereocenters. The second-order valence-corrected chi connectivity index (χ2v) is 9.66. The van der Waals surface area contributed by atoms with Crippen LogP contribution in [0.4, 0.5) is 5.69 Å². The van der Waals surface area contributed by atoms with E-state index in [4.69, 9.17) is 24.2 Å². The zero-order chi connectivity index (χ0) is 22.3. The predicted molar refractivity (Wildman–Crippen MR) is 119 cm³/mol. The van der Waals surface area contributed by atoms with E-state index in [-0.39, 0.29) is 23.5 Å². The Morgan fingerprint density at radius 1 is 0.969 bits per heavy atom. The maximum Gasteiger partial charge on any atom is 0.237 e. The van der Waals surface area contributed by atoms with Gasteiger partial charge in [-0.15, -0.1) is 0 Å². The summed E-state index contributed by atoms with van der Waals surface area (Å²) < 4.78 is 16.3. The van der Waals surface area contributed by atoms with Gasteiger partial charge in [0.2, 0.25) is 12.7 Å². The van der Waals surface area contributed by atoms with E-state index < -0.39 is 5.41 Å². The van der Waals surface area contributed by atoms with E-state index in [0.29, 0.717) is 11.5 Å². The predicted octanol–water partition coefficient (Wildman–Crippen LogP) is 4.33. The first-order valence-corrected chi connectivity index (χ1v) is 10.9. The Labute approximate surface area is 186 Å². The van der Waals surface area contributed by atoms with Crippen molar-refractivity contribution in [2.45, 2.75) is 44.4 Å². The molecule has 32 heavy (non-hydrogen) atoms. The molecule has 1 N–H and O–H groups in total. The van der Waals surface area contributed by atoms with Crippen molar-refractivity contribution >= 4 is 22.6 Å². The van der Waals surface area contributed by atoms with Gasteiger partial charge in [-0.25, -0.2) is 9.97 Å². The third-order valence-electron chi connectivity index (χ3n) is 8.27. The Hall–Kier alpha value is -3.35. The Kier molecular flexibility index (Phi) is 3.70. The molecule has 1 fully saturated rings. The SMILES string of the molecule is COc1ccc(NC(=O)C23CCC(C)(c4nc5cc6c(cc5nc42)OCO6)C3(C)C)cc1. The molecule has 3 aromatic rings. The first-order valence-electron chi connectivity index (χ1n) is 10.9. The van der Waals surface area contributed by atoms with Crippen molar-refractivity contribution < 1.29 is 19.0 Å². The van der Waals surface area contributed by atoms with Gasteiger partial charge in [-0.1, -0.05) is 20.8 Å². The molecule has 7 heteroatoms. The number of rotatable bonds is 3. The van der Waals surface area contributed by atoms with Crippen LogP contribution < -0.4 is 19.5 Å². The fourth-order valence-electron chi connectivity index (χ4n) is 5.91. The quantitative estimate of drug-likeness (QED) is 0.665. The van der Waals surface area contributed by atoms with Crippen LogP contribution >= 0.6 is 0 Å². The minimum absolute atomic E-state index is 0.0375. The van der Waals surface area contributed by atoms with Gasteiger partial charge in [0.25, 0.3) is 0 Å². The molecule has 2 bridgehead atoms. The fraction of sp³-hybridized carbons (Fsp3) is 0.400. The number of methoxy groups -OCH3 is 1. The molecule has 2 unspecified atom stereocenters. The molecular formula is C25H25N3O4. The van der Waals surface area contributed by atoms with Crippen LogP contribution in [0.5, 0.6) is 17.2 Å². The van der Waals surface area contributed by atoms with Gasteiger partial charge in [0.1, 0.15) is 5.75 Å². The summed E-state index contributed by atoms with van der Waals surface area (Å²) in [5.74, 6) is 2.06. The van der Waals surface area contributed by atoms with Crippen molar-refractivity contribution in [3.63, 3.8) is 0 Å². The number of anilines is 1. The highest BCUT2D eigenvalue weighted by Crippen LogP contribution is 2.70. The van der Waals surface area contributed by atoms with Crippen LogP contribution in [-0.4, -0.2) is 29.8 Å². The number of carbonyl (C=O) groups excluding carboxylic acids is 1. The molecule has 0 saturated heterocycles. The van der Waals surface area contributed by atoms with Gasteiger partial charge >= 0.3 is 0 Å². The molecule has 6 rings (SSSR count). The maximum atomic E-state index is 13.9. The largest absolute Gasteiger partial charge is 0.497 e. The summed E-state index contributed by atoms with van der Waals surface area (Å²) in [7, 11) is 1.62. The lowest BCUT2D eigenvalue weighted by Crippen LogP contribution is -2.48. The number of nitrogens with one attached hydrogen (secondary N) is 1. The average molecular weight is 431 g/mol. The van der Waals surface area contributed by atoms with Gasteiger partial charge in [-0.05, 0) is 42.5 Å². The molecule has 1 aliphatic heterocycles. The van der Waals surface area contributed by atoms with Gasteiger partial charge in [-0.2, -0.15) is 0 Å². The maximum absolute atomic E-state index is 13.9. The van der Waals surface area contributed by atoms with Gasteiger partial charge in [0.05, 0.1) is 34.9 Å². The van der Waals surface area contributed by atoms with Crippen molar-refractivity contribution in [2.75, 3.05) is 19.2 Å². The fourth-order valence-corrected chi connectivity index (χ4v) is 5.91. The molecule has 1 aromatic heterocycles. The molecule has 7 nitrogen and oxygen atoms in total. The summed E-state index contributed by atoms with van der Waals surface area (Å²) in [5.41, 5.74) is 2.55. The zero-order valence-electron chi connectivity index (χ0n) is 18.6. The van der Waals surface area contributed by atoms with E-state index in [2.05, 4.69) is 26.1 Å². The van der Waals surface area contributed by atoms with Crippen molar-refractivity contribution in [3.05, 3.63) is 47.8 Å². The third-order valence-corrected chi connectivity index (χ3v) is 8.27. The number of aromatic nitrogens is 2. The molecule has 2 heterocycles. The minimum Gasteiger partial charge on any atom is -0.497 e. The van der Waals surface area contributed by atoms with Crippen molar-refractivity contribution in [3.8, 4) is 17.2 Å². The van der Waals surface area contributed by atoms with Gasteiger partial charge in [0, 0.05) is 23.2 Å². The van der Waals surface area contributed by atoms with Crippen LogP contribution in [0.25, 0.3) is 11.0 Å². The highest BCUT2D eigenvalue weighted by molar-refractivity contribution is 6.02. The minimum atomic E-state index is -0.769. The second kappa shape index (κ2) is 6.12. The molecule has 1 amide bonds. The van der Waals surface area contributed by atoms with E-state index in [1.807, 2.05) is 36.4 Å². The van der Waals surface area contributed by atoms with Gasteiger partial charge in [-0.3, -0.25) is 4.79 Å². The Balaban J connectivity index is 1.50. The number of carbonyl (C=O) groups is 1. The molecule has 2 aliphatic carbocycles. The Morgan fingerprint density at radius 3 is 2.22 bits per heavy atom. The normalized spacial score (nSPS) is 26.2. The smallest absolute Gasteiger partial charge is 0.237 e. The van der Waals surface area contributed by atoms with E-state index in [0.717, 1.165) is 46.7 Å². The lowest BCUT2D eigenvalue weighted by Gasteiger charge is -2.39. The molecular weight excluding hydrogens is 406 g/mol. The highest BCUT2D eigenvalue weighted by atomic mass is 16.7. The second-order valence-electron chi connectivity index (χ2n) is 9.66. The van der Waals surface area contributed by atoms with Crippen LogP contribution in [0, 0.1) is 5.41 Å². The lowest BCUT2D eigenvalue weighted by molar-refractivity contribution is -0.125. The summed E-state index contributed by atoms with van der Waals surface area (Å²) in [6, 6.07) is 11.2. The van der Waals surface area contributed by atoms with Crippen molar-refractivity contribution in [1.29, 1.82) is 0 Å². The molecule has 0 radical (unpaired) electrons. The standard InChI is InChI=1S/C25H25N3O4/c1-23(2)24(3)9-10-25(23,22(29)26-14-5-7-15(30-4)8-6-14)21-20(24)27-16-11-18-19(32-13-31-18)12-17(16)28-21/h5-8,11-12H,9-10,13H2,1-4H3,(H,26,29). The Bertz CT molecular complexity index is 1290. The van der Waals surface area contributed by atoms with Crippen molar-refractivity contribution in [1.82, 2.24) is 9.97 Å². The lowest BCUT2D eigenvalue weighted by atomic mass is 9.63. The van der Waals surface area contributed by atoms with E-state index in [1.54, 1.807) is 7.11 Å². The van der Waals surface area contributed by atoms with Crippen LogP contribution in [0.2, 0.25) is 0 Å². The monoisotopic (exact) mass is 431 g/mol. The van der Waals surface area contributed by atoms with E-state index in [9.17, 15) is 4.79 Å². The summed E-state index contributed by atoms with van der Waals surface area (Å²) >= 11 is 0. The average Bonchev–Trinajstić information content (AvgIpc) is 3.36. The van der Waals surface area contributed by atoms with Gasteiger partial charge in [0.15, 0.2) is 11.5 Å². The van der Waals surface area contributed by atoms with Crippen LogP contribution in [-0.2, 0) is 15.6 Å². The highest BCUT2D eigenvalue weighted by Gasteiger charge is 2.73. The molecule has 164 valence electrons. The first-order chi connectivity index (χ1) is 15.3. The summed E-state index contributed by atoms with van der Waals surface area (Å²) in [4.78, 5) is 24.0. The van der Waals surface area contributed by atoms with E-state index in [1.165, 1.54) is 0 Å². The number of benzene rings is 2. The third kappa shape index (κ3) is 2.18. The molecule has 0 spiro atoms. The topological polar surface area (TPSA) is 82.6 Å². The van der Waals surface area contributed by atoms with Crippen LogP contribution in [0.3, 0.4) is 0 Å². The number of hydrogen-bond acceptors (Lipinski definition) is 6. The van der Waals surface area contributed by atoms with E-state index >= 15 is 0 Å². The van der Waals surface area contributed by atoms with Crippen LogP contribution in [0.15, 0.2) is 36.4 Å². The Morgan fingerprint density at radius 2 is 1.59 bits per heavy atom. The summed E-state index contributed by atoms with van der Waals surface area (Å²) in [6.07, 6.45) is 1.62. The van der Waals surface area contributed by atoms with Crippen molar-refractivity contribution in [2.24, 2.45) is 5.41 Å². The number of ether oxygens (including phenoxy) is 3. The summed E-state index contributed by atoms with van der Waals surface area (Å²) in [6.45, 7) is 6.76. The molecule has 1 saturated carbocycles. The molecule has 3 aliphatic rings. The molecule has 2 aromatic carbocycles.